The van der Waals surface area contributed by atoms with Crippen molar-refractivity contribution in [2.45, 2.75) is 18.4 Å². The van der Waals surface area contributed by atoms with Gasteiger partial charge in [0.2, 0.25) is 5.91 Å². The number of alkyl halides is 3. The number of hydrogen-bond donors (Lipinski definition) is 3. The van der Waals surface area contributed by atoms with Gasteiger partial charge in [0.1, 0.15) is 5.75 Å². The fraction of sp³-hybridized carbons (Fsp3) is 0.300. The Morgan fingerprint density at radius 3 is 2.41 bits per heavy atom. The summed E-state index contributed by atoms with van der Waals surface area (Å²) in [6, 6.07) is 11.1. The molecule has 2 aromatic carbocycles. The molecule has 1 saturated heterocycles. The Hall–Kier alpha value is -3.02. The van der Waals surface area contributed by atoms with Crippen LogP contribution in [0.25, 0.3) is 0 Å². The number of nitrogens with zero attached hydrogens (tertiary/aromatic N) is 1. The standard InChI is InChI=1S/C20H20ClF3N4O4/c1-31-19(30)26-16-10-28(27-18(16)12-2-4-13(21)5-3-12)11-17(29)25-14-6-8-15(9-7-14)32-20(22,23)24/h2-9,16,18,27H,10-11H2,1H3,(H,25,29)(H,26,30). The van der Waals surface area contributed by atoms with Crippen LogP contribution in [-0.2, 0) is 9.53 Å². The molecule has 1 aliphatic rings. The van der Waals surface area contributed by atoms with Crippen LogP contribution < -0.4 is 20.8 Å². The van der Waals surface area contributed by atoms with Crippen LogP contribution in [0.15, 0.2) is 48.5 Å². The molecule has 8 nitrogen and oxygen atoms in total. The van der Waals surface area contributed by atoms with Gasteiger partial charge in [0.25, 0.3) is 0 Å². The molecule has 0 aliphatic carbocycles. The number of halogens is 4. The molecule has 1 heterocycles. The number of ether oxygens (including phenoxy) is 2. The van der Waals surface area contributed by atoms with Crippen molar-refractivity contribution in [3.05, 3.63) is 59.1 Å². The smallest absolute Gasteiger partial charge is 0.453 e. The summed E-state index contributed by atoms with van der Waals surface area (Å²) in [5, 5.41) is 7.52. The van der Waals surface area contributed by atoms with Crippen molar-refractivity contribution in [2.24, 2.45) is 0 Å². The zero-order valence-electron chi connectivity index (χ0n) is 16.8. The van der Waals surface area contributed by atoms with Crippen LogP contribution in [0.4, 0.5) is 23.7 Å². The van der Waals surface area contributed by atoms with Crippen molar-refractivity contribution in [1.82, 2.24) is 15.8 Å². The number of methoxy groups -OCH3 is 1. The number of rotatable bonds is 6. The maximum atomic E-state index is 12.4. The Morgan fingerprint density at radius 2 is 1.81 bits per heavy atom. The summed E-state index contributed by atoms with van der Waals surface area (Å²) in [5.74, 6) is -0.796. The number of anilines is 1. The molecule has 1 fully saturated rings. The lowest BCUT2D eigenvalue weighted by Gasteiger charge is -2.19. The number of carbonyl (C=O) groups is 2. The second-order valence-electron chi connectivity index (χ2n) is 6.90. The third kappa shape index (κ3) is 6.74. The van der Waals surface area contributed by atoms with Gasteiger partial charge in [0.15, 0.2) is 0 Å². The summed E-state index contributed by atoms with van der Waals surface area (Å²) < 4.78 is 45.2. The topological polar surface area (TPSA) is 91.9 Å². The van der Waals surface area contributed by atoms with Crippen molar-refractivity contribution in [3.8, 4) is 5.75 Å². The van der Waals surface area contributed by atoms with Crippen molar-refractivity contribution in [1.29, 1.82) is 0 Å². The lowest BCUT2D eigenvalue weighted by molar-refractivity contribution is -0.274. The Kier molecular flexibility index (Phi) is 7.44. The van der Waals surface area contributed by atoms with E-state index in [4.69, 9.17) is 11.6 Å². The minimum absolute atomic E-state index is 0.0791. The van der Waals surface area contributed by atoms with E-state index in [1.54, 1.807) is 29.3 Å². The van der Waals surface area contributed by atoms with E-state index in [9.17, 15) is 22.8 Å². The maximum Gasteiger partial charge on any atom is 0.573 e. The quantitative estimate of drug-likeness (QED) is 0.596. The number of hydrazine groups is 1. The Labute approximate surface area is 186 Å². The minimum Gasteiger partial charge on any atom is -0.453 e. The molecule has 12 heteroatoms. The molecule has 0 saturated carbocycles. The average Bonchev–Trinajstić information content (AvgIpc) is 3.10. The predicted octanol–water partition coefficient (Wildman–Crippen LogP) is 3.46. The predicted molar refractivity (Wildman–Crippen MR) is 110 cm³/mol. The fourth-order valence-electron chi connectivity index (χ4n) is 3.22. The van der Waals surface area contributed by atoms with Gasteiger partial charge < -0.3 is 20.1 Å². The van der Waals surface area contributed by atoms with E-state index >= 15 is 0 Å². The summed E-state index contributed by atoms with van der Waals surface area (Å²) in [6.45, 7) is 0.221. The van der Waals surface area contributed by atoms with E-state index in [1.807, 2.05) is 0 Å². The first-order valence-electron chi connectivity index (χ1n) is 9.39. The molecule has 2 unspecified atom stereocenters. The summed E-state index contributed by atoms with van der Waals surface area (Å²) in [7, 11) is 1.26. The monoisotopic (exact) mass is 472 g/mol. The third-order valence-electron chi connectivity index (χ3n) is 4.56. The normalized spacial score (nSPS) is 18.8. The first kappa shape index (κ1) is 23.6. The second-order valence-corrected chi connectivity index (χ2v) is 7.34. The molecular formula is C20H20ClF3N4O4. The van der Waals surface area contributed by atoms with E-state index in [-0.39, 0.29) is 18.3 Å². The van der Waals surface area contributed by atoms with Gasteiger partial charge in [-0.2, -0.15) is 0 Å². The van der Waals surface area contributed by atoms with Crippen molar-refractivity contribution in [2.75, 3.05) is 25.5 Å². The van der Waals surface area contributed by atoms with Crippen LogP contribution >= 0.6 is 11.6 Å². The molecule has 0 radical (unpaired) electrons. The van der Waals surface area contributed by atoms with Crippen LogP contribution in [0.1, 0.15) is 11.6 Å². The zero-order valence-corrected chi connectivity index (χ0v) is 17.5. The highest BCUT2D eigenvalue weighted by atomic mass is 35.5. The van der Waals surface area contributed by atoms with Crippen molar-refractivity contribution in [3.63, 3.8) is 0 Å². The Balaban J connectivity index is 1.61. The van der Waals surface area contributed by atoms with Gasteiger partial charge in [-0.15, -0.1) is 13.2 Å². The first-order valence-corrected chi connectivity index (χ1v) is 9.77. The average molecular weight is 473 g/mol. The van der Waals surface area contributed by atoms with E-state index in [0.717, 1.165) is 17.7 Å². The highest BCUT2D eigenvalue weighted by Gasteiger charge is 2.35. The van der Waals surface area contributed by atoms with Crippen LogP contribution in [0.5, 0.6) is 5.75 Å². The van der Waals surface area contributed by atoms with Gasteiger partial charge in [-0.25, -0.2) is 15.2 Å². The van der Waals surface area contributed by atoms with E-state index in [1.165, 1.54) is 19.2 Å². The van der Waals surface area contributed by atoms with Gasteiger partial charge in [-0.3, -0.25) is 4.79 Å². The highest BCUT2D eigenvalue weighted by Crippen LogP contribution is 2.26. The third-order valence-corrected chi connectivity index (χ3v) is 4.82. The second kappa shape index (κ2) is 10.1. The fourth-order valence-corrected chi connectivity index (χ4v) is 3.35. The number of carbonyl (C=O) groups excluding carboxylic acids is 2. The number of nitrogens with one attached hydrogen (secondary N) is 3. The van der Waals surface area contributed by atoms with Crippen molar-refractivity contribution >= 4 is 29.3 Å². The highest BCUT2D eigenvalue weighted by molar-refractivity contribution is 6.30. The van der Waals surface area contributed by atoms with Crippen LogP contribution in [0.2, 0.25) is 5.02 Å². The number of amides is 2. The summed E-state index contributed by atoms with van der Waals surface area (Å²) in [6.07, 6.45) is -5.40. The summed E-state index contributed by atoms with van der Waals surface area (Å²) in [4.78, 5) is 24.1. The summed E-state index contributed by atoms with van der Waals surface area (Å²) in [5.41, 5.74) is 4.33. The lowest BCUT2D eigenvalue weighted by Crippen LogP contribution is -2.40. The van der Waals surface area contributed by atoms with Crippen LogP contribution in [0.3, 0.4) is 0 Å². The number of hydrogen-bond acceptors (Lipinski definition) is 6. The van der Waals surface area contributed by atoms with Gasteiger partial charge in [0.05, 0.1) is 25.7 Å². The van der Waals surface area contributed by atoms with Crippen LogP contribution in [0, 0.1) is 0 Å². The van der Waals surface area contributed by atoms with Gasteiger partial charge in [0, 0.05) is 17.3 Å². The Bertz CT molecular complexity index is 941. The molecule has 2 aromatic rings. The first-order chi connectivity index (χ1) is 15.1. The molecule has 3 rings (SSSR count). The SMILES string of the molecule is COC(=O)NC1CN(CC(=O)Nc2ccc(OC(F)(F)F)cc2)NC1c1ccc(Cl)cc1. The van der Waals surface area contributed by atoms with Gasteiger partial charge in [-0.05, 0) is 42.0 Å². The van der Waals surface area contributed by atoms with E-state index in [0.29, 0.717) is 17.3 Å². The number of benzene rings is 2. The Morgan fingerprint density at radius 1 is 1.16 bits per heavy atom. The maximum absolute atomic E-state index is 12.4. The molecule has 2 atom stereocenters. The summed E-state index contributed by atoms with van der Waals surface area (Å²) >= 11 is 5.94. The minimum atomic E-state index is -4.79. The largest absolute Gasteiger partial charge is 0.573 e. The van der Waals surface area contributed by atoms with E-state index < -0.39 is 24.4 Å². The molecule has 0 aromatic heterocycles. The molecule has 32 heavy (non-hydrogen) atoms. The molecular weight excluding hydrogens is 453 g/mol. The zero-order chi connectivity index (χ0) is 23.3. The van der Waals surface area contributed by atoms with Crippen molar-refractivity contribution < 1.29 is 32.2 Å². The number of alkyl carbamates (subject to hydrolysis) is 1. The molecule has 1 aliphatic heterocycles. The molecule has 172 valence electrons. The molecule has 0 spiro atoms. The molecule has 3 N–H and O–H groups in total. The molecule has 0 bridgehead atoms. The van der Waals surface area contributed by atoms with Crippen LogP contribution in [-0.4, -0.2) is 49.6 Å². The molecule has 2 amide bonds. The van der Waals surface area contributed by atoms with E-state index in [2.05, 4.69) is 25.5 Å². The lowest BCUT2D eigenvalue weighted by atomic mass is 10.0. The van der Waals surface area contributed by atoms with Gasteiger partial charge >= 0.3 is 12.5 Å². The van der Waals surface area contributed by atoms with Gasteiger partial charge in [-0.1, -0.05) is 23.7 Å².